The zero-order chi connectivity index (χ0) is 13.9. The molecule has 0 aromatic heterocycles. The lowest BCUT2D eigenvalue weighted by molar-refractivity contribution is -0.123. The van der Waals surface area contributed by atoms with Crippen LogP contribution in [0.1, 0.15) is 50.5 Å². The first-order valence-corrected chi connectivity index (χ1v) is 7.89. The van der Waals surface area contributed by atoms with Crippen molar-refractivity contribution in [1.29, 1.82) is 0 Å². The molecule has 1 fully saturated rings. The molecule has 2 atom stereocenters. The van der Waals surface area contributed by atoms with Gasteiger partial charge in [-0.25, -0.2) is 0 Å². The lowest BCUT2D eigenvalue weighted by Gasteiger charge is -2.28. The minimum Gasteiger partial charge on any atom is -0.385 e. The molecular weight excluding hydrogens is 248 g/mol. The van der Waals surface area contributed by atoms with E-state index in [-0.39, 0.29) is 11.8 Å². The van der Waals surface area contributed by atoms with E-state index in [4.69, 9.17) is 0 Å². The number of hydrogen-bond donors (Lipinski definition) is 2. The van der Waals surface area contributed by atoms with Crippen molar-refractivity contribution >= 4 is 11.6 Å². The first-order chi connectivity index (χ1) is 9.75. The number of carbonyl (C=O) groups excluding carboxylic acids is 1. The third kappa shape index (κ3) is 2.67. The Kier molecular flexibility index (Phi) is 3.95. The van der Waals surface area contributed by atoms with Crippen LogP contribution < -0.4 is 10.6 Å². The molecule has 0 radical (unpaired) electrons. The molecule has 1 aliphatic carbocycles. The largest absolute Gasteiger partial charge is 0.385 e. The van der Waals surface area contributed by atoms with Gasteiger partial charge < -0.3 is 10.6 Å². The quantitative estimate of drug-likeness (QED) is 0.886. The molecule has 108 valence electrons. The molecule has 2 unspecified atom stereocenters. The molecule has 3 rings (SSSR count). The average Bonchev–Trinajstić information content (AvgIpc) is 3.01. The molecule has 1 aromatic rings. The average molecular weight is 272 g/mol. The van der Waals surface area contributed by atoms with E-state index in [2.05, 4.69) is 29.7 Å². The van der Waals surface area contributed by atoms with Crippen LogP contribution in [0.15, 0.2) is 24.3 Å². The van der Waals surface area contributed by atoms with Gasteiger partial charge in [-0.3, -0.25) is 4.79 Å². The van der Waals surface area contributed by atoms with Gasteiger partial charge in [-0.2, -0.15) is 0 Å². The fourth-order valence-electron chi connectivity index (χ4n) is 3.64. The predicted molar refractivity (Wildman–Crippen MR) is 81.9 cm³/mol. The Morgan fingerprint density at radius 1 is 1.25 bits per heavy atom. The third-order valence-electron chi connectivity index (χ3n) is 4.88. The third-order valence-corrected chi connectivity index (χ3v) is 4.88. The van der Waals surface area contributed by atoms with Gasteiger partial charge in [-0.1, -0.05) is 31.0 Å². The minimum absolute atomic E-state index is 0.0105. The number of amides is 1. The molecule has 1 saturated carbocycles. The van der Waals surface area contributed by atoms with Gasteiger partial charge in [-0.05, 0) is 43.7 Å². The molecule has 2 aliphatic rings. The Morgan fingerprint density at radius 2 is 2.00 bits per heavy atom. The number of para-hydroxylation sites is 1. The summed E-state index contributed by atoms with van der Waals surface area (Å²) >= 11 is 0. The molecule has 1 aromatic carbocycles. The molecule has 2 N–H and O–H groups in total. The molecule has 0 bridgehead atoms. The van der Waals surface area contributed by atoms with Gasteiger partial charge in [0.05, 0.1) is 5.92 Å². The van der Waals surface area contributed by atoms with Crippen LogP contribution in [0.4, 0.5) is 5.69 Å². The Balaban J connectivity index is 1.68. The zero-order valence-electron chi connectivity index (χ0n) is 12.2. The number of fused-ring (bicyclic) bond motifs is 1. The summed E-state index contributed by atoms with van der Waals surface area (Å²) in [6, 6.07) is 8.49. The summed E-state index contributed by atoms with van der Waals surface area (Å²) in [6.07, 6.45) is 6.07. The van der Waals surface area contributed by atoms with E-state index in [1.807, 2.05) is 12.1 Å². The SMILES string of the molecule is CC(NC(=O)C1CCNc2ccccc21)C1CCCC1. The van der Waals surface area contributed by atoms with Crippen LogP contribution in [0.3, 0.4) is 0 Å². The second kappa shape index (κ2) is 5.86. The van der Waals surface area contributed by atoms with Gasteiger partial charge in [-0.15, -0.1) is 0 Å². The Hall–Kier alpha value is -1.51. The highest BCUT2D eigenvalue weighted by Gasteiger charge is 2.29. The van der Waals surface area contributed by atoms with E-state index in [1.165, 1.54) is 25.7 Å². The number of anilines is 1. The molecule has 20 heavy (non-hydrogen) atoms. The van der Waals surface area contributed by atoms with Crippen LogP contribution in [-0.4, -0.2) is 18.5 Å². The Morgan fingerprint density at radius 3 is 2.80 bits per heavy atom. The molecule has 0 saturated heterocycles. The van der Waals surface area contributed by atoms with Gasteiger partial charge in [0.25, 0.3) is 0 Å². The second-order valence-corrected chi connectivity index (χ2v) is 6.20. The van der Waals surface area contributed by atoms with Crippen LogP contribution in [0.2, 0.25) is 0 Å². The van der Waals surface area contributed by atoms with E-state index in [1.54, 1.807) is 0 Å². The summed E-state index contributed by atoms with van der Waals surface area (Å²) in [6.45, 7) is 3.05. The number of nitrogens with one attached hydrogen (secondary N) is 2. The van der Waals surface area contributed by atoms with Crippen molar-refractivity contribution in [2.24, 2.45) is 5.92 Å². The highest BCUT2D eigenvalue weighted by molar-refractivity contribution is 5.86. The van der Waals surface area contributed by atoms with Gasteiger partial charge in [0.15, 0.2) is 0 Å². The van der Waals surface area contributed by atoms with Crippen molar-refractivity contribution < 1.29 is 4.79 Å². The number of carbonyl (C=O) groups is 1. The summed E-state index contributed by atoms with van der Waals surface area (Å²) in [4.78, 5) is 12.6. The van der Waals surface area contributed by atoms with Crippen LogP contribution in [0.5, 0.6) is 0 Å². The first kappa shape index (κ1) is 13.5. The van der Waals surface area contributed by atoms with Crippen molar-refractivity contribution in [3.8, 4) is 0 Å². The lowest BCUT2D eigenvalue weighted by atomic mass is 9.89. The van der Waals surface area contributed by atoms with Crippen molar-refractivity contribution in [2.45, 2.75) is 51.0 Å². The van der Waals surface area contributed by atoms with Crippen molar-refractivity contribution in [3.05, 3.63) is 29.8 Å². The lowest BCUT2D eigenvalue weighted by Crippen LogP contribution is -2.41. The molecule has 3 nitrogen and oxygen atoms in total. The van der Waals surface area contributed by atoms with Gasteiger partial charge in [0.2, 0.25) is 5.91 Å². The molecular formula is C17H24N2O. The Bertz CT molecular complexity index is 480. The number of rotatable bonds is 3. The maximum Gasteiger partial charge on any atom is 0.227 e. The zero-order valence-corrected chi connectivity index (χ0v) is 12.2. The van der Waals surface area contributed by atoms with E-state index < -0.39 is 0 Å². The van der Waals surface area contributed by atoms with Crippen molar-refractivity contribution in [1.82, 2.24) is 5.32 Å². The monoisotopic (exact) mass is 272 g/mol. The second-order valence-electron chi connectivity index (χ2n) is 6.20. The molecule has 0 spiro atoms. The molecule has 3 heteroatoms. The highest BCUT2D eigenvalue weighted by atomic mass is 16.1. The Labute approximate surface area is 121 Å². The maximum absolute atomic E-state index is 12.6. The molecule has 1 aliphatic heterocycles. The highest BCUT2D eigenvalue weighted by Crippen LogP contribution is 2.32. The van der Waals surface area contributed by atoms with Crippen molar-refractivity contribution in [3.63, 3.8) is 0 Å². The van der Waals surface area contributed by atoms with Gasteiger partial charge >= 0.3 is 0 Å². The smallest absolute Gasteiger partial charge is 0.227 e. The summed E-state index contributed by atoms with van der Waals surface area (Å²) in [7, 11) is 0. The first-order valence-electron chi connectivity index (χ1n) is 7.89. The van der Waals surface area contributed by atoms with E-state index in [0.29, 0.717) is 12.0 Å². The summed E-state index contributed by atoms with van der Waals surface area (Å²) in [5, 5.41) is 6.64. The fourth-order valence-corrected chi connectivity index (χ4v) is 3.64. The van der Waals surface area contributed by atoms with Crippen LogP contribution in [-0.2, 0) is 4.79 Å². The summed E-state index contributed by atoms with van der Waals surface area (Å²) < 4.78 is 0. The minimum atomic E-state index is 0.0105. The number of hydrogen-bond acceptors (Lipinski definition) is 2. The summed E-state index contributed by atoms with van der Waals surface area (Å²) in [5.41, 5.74) is 2.27. The maximum atomic E-state index is 12.6. The van der Waals surface area contributed by atoms with Crippen LogP contribution in [0.25, 0.3) is 0 Å². The van der Waals surface area contributed by atoms with E-state index >= 15 is 0 Å². The van der Waals surface area contributed by atoms with Crippen LogP contribution >= 0.6 is 0 Å². The topological polar surface area (TPSA) is 41.1 Å². The summed E-state index contributed by atoms with van der Waals surface area (Å²) in [5.74, 6) is 0.894. The number of benzene rings is 1. The predicted octanol–water partition coefficient (Wildman–Crippen LogP) is 3.28. The normalized spacial score (nSPS) is 23.8. The van der Waals surface area contributed by atoms with Gasteiger partial charge in [0, 0.05) is 18.3 Å². The van der Waals surface area contributed by atoms with Crippen LogP contribution in [0, 0.1) is 5.92 Å². The van der Waals surface area contributed by atoms with Crippen molar-refractivity contribution in [2.75, 3.05) is 11.9 Å². The molecule has 1 amide bonds. The molecule has 1 heterocycles. The fraction of sp³-hybridized carbons (Fsp3) is 0.588. The van der Waals surface area contributed by atoms with E-state index in [9.17, 15) is 4.79 Å². The standard InChI is InChI=1S/C17H24N2O/c1-12(13-6-2-3-7-13)19-17(20)15-10-11-18-16-9-5-4-8-14(15)16/h4-5,8-9,12-13,15,18H,2-3,6-7,10-11H2,1H3,(H,19,20). The van der Waals surface area contributed by atoms with E-state index in [0.717, 1.165) is 24.2 Å². The van der Waals surface area contributed by atoms with Gasteiger partial charge in [0.1, 0.15) is 0 Å².